The fraction of sp³-hybridized carbons (Fsp3) is 0.250. The molecule has 0 heterocycles. The first-order valence-electron chi connectivity index (χ1n) is 5.25. The summed E-state index contributed by atoms with van der Waals surface area (Å²) in [5.74, 6) is -1.24. The van der Waals surface area contributed by atoms with E-state index in [9.17, 15) is 13.2 Å². The summed E-state index contributed by atoms with van der Waals surface area (Å²) in [5.41, 5.74) is 0.855. The van der Waals surface area contributed by atoms with Crippen molar-refractivity contribution in [3.8, 4) is 0 Å². The number of hydrogen-bond acceptors (Lipinski definition) is 3. The van der Waals surface area contributed by atoms with Crippen molar-refractivity contribution in [3.05, 3.63) is 47.5 Å². The molecule has 1 aromatic carbocycles. The molecule has 0 fully saturated rings. The second-order valence-electron chi connectivity index (χ2n) is 3.75. The van der Waals surface area contributed by atoms with E-state index < -0.39 is 21.5 Å². The second-order valence-corrected chi connectivity index (χ2v) is 6.29. The predicted octanol–water partition coefficient (Wildman–Crippen LogP) is 1.56. The van der Waals surface area contributed by atoms with Crippen molar-refractivity contribution in [2.75, 3.05) is 11.5 Å². The molecule has 1 rings (SSSR count). The Morgan fingerprint density at radius 1 is 1.33 bits per heavy atom. The highest BCUT2D eigenvalue weighted by Crippen LogP contribution is 2.09. The smallest absolute Gasteiger partial charge is 0.235 e. The number of carbonyl (C=O) groups excluding carboxylic acids is 1. The molecule has 1 N–H and O–H groups in total. The number of nitrogens with one attached hydrogen (secondary N) is 1. The summed E-state index contributed by atoms with van der Waals surface area (Å²) in [6.45, 7) is 3.61. The molecule has 6 heteroatoms. The van der Waals surface area contributed by atoms with Gasteiger partial charge in [-0.05, 0) is 17.7 Å². The number of sulfone groups is 1. The number of halogens is 1. The highest BCUT2D eigenvalue weighted by Gasteiger charge is 2.14. The SMILES string of the molecule is C=CCS(=O)(=O)CC(=O)NCc1ccc(Cl)cc1. The summed E-state index contributed by atoms with van der Waals surface area (Å²) in [5, 5.41) is 3.15. The van der Waals surface area contributed by atoms with Crippen LogP contribution >= 0.6 is 11.6 Å². The van der Waals surface area contributed by atoms with Gasteiger partial charge in [-0.25, -0.2) is 8.42 Å². The average Bonchev–Trinajstić information content (AvgIpc) is 2.27. The lowest BCUT2D eigenvalue weighted by molar-refractivity contribution is -0.118. The highest BCUT2D eigenvalue weighted by atomic mass is 35.5. The number of amides is 1. The van der Waals surface area contributed by atoms with Crippen LogP contribution in [0.25, 0.3) is 0 Å². The fourth-order valence-electron chi connectivity index (χ4n) is 1.29. The van der Waals surface area contributed by atoms with Crippen molar-refractivity contribution < 1.29 is 13.2 Å². The molecular weight excluding hydrogens is 274 g/mol. The zero-order valence-corrected chi connectivity index (χ0v) is 11.3. The van der Waals surface area contributed by atoms with Gasteiger partial charge in [0.1, 0.15) is 5.75 Å². The lowest BCUT2D eigenvalue weighted by Gasteiger charge is -2.05. The van der Waals surface area contributed by atoms with Gasteiger partial charge >= 0.3 is 0 Å². The van der Waals surface area contributed by atoms with Crippen molar-refractivity contribution in [3.63, 3.8) is 0 Å². The van der Waals surface area contributed by atoms with Gasteiger partial charge in [0, 0.05) is 11.6 Å². The number of hydrogen-bond donors (Lipinski definition) is 1. The summed E-state index contributed by atoms with van der Waals surface area (Å²) in [7, 11) is -3.39. The predicted molar refractivity (Wildman–Crippen MR) is 72.1 cm³/mol. The van der Waals surface area contributed by atoms with E-state index in [4.69, 9.17) is 11.6 Å². The van der Waals surface area contributed by atoms with Crippen LogP contribution in [0, 0.1) is 0 Å². The Morgan fingerprint density at radius 3 is 2.50 bits per heavy atom. The summed E-state index contributed by atoms with van der Waals surface area (Å²) < 4.78 is 22.7. The van der Waals surface area contributed by atoms with Crippen LogP contribution in [0.2, 0.25) is 5.02 Å². The van der Waals surface area contributed by atoms with Crippen molar-refractivity contribution >= 4 is 27.3 Å². The summed E-state index contributed by atoms with van der Waals surface area (Å²) in [6, 6.07) is 6.94. The van der Waals surface area contributed by atoms with Gasteiger partial charge in [-0.3, -0.25) is 4.79 Å². The minimum absolute atomic E-state index is 0.193. The van der Waals surface area contributed by atoms with Crippen LogP contribution in [0.4, 0.5) is 0 Å². The van der Waals surface area contributed by atoms with Gasteiger partial charge in [-0.2, -0.15) is 0 Å². The molecule has 0 bridgehead atoms. The molecule has 98 valence electrons. The van der Waals surface area contributed by atoms with E-state index in [1.54, 1.807) is 24.3 Å². The topological polar surface area (TPSA) is 63.2 Å². The molecular formula is C12H14ClNO3S. The maximum absolute atomic E-state index is 11.4. The van der Waals surface area contributed by atoms with Crippen LogP contribution in [-0.4, -0.2) is 25.8 Å². The molecule has 0 atom stereocenters. The van der Waals surface area contributed by atoms with Crippen LogP contribution in [0.1, 0.15) is 5.56 Å². The van der Waals surface area contributed by atoms with E-state index in [1.165, 1.54) is 6.08 Å². The molecule has 0 saturated heterocycles. The third-order valence-corrected chi connectivity index (χ3v) is 3.82. The van der Waals surface area contributed by atoms with E-state index >= 15 is 0 Å². The first-order valence-corrected chi connectivity index (χ1v) is 7.45. The largest absolute Gasteiger partial charge is 0.351 e. The molecule has 18 heavy (non-hydrogen) atoms. The van der Waals surface area contributed by atoms with Gasteiger partial charge in [0.25, 0.3) is 0 Å². The quantitative estimate of drug-likeness (QED) is 0.808. The molecule has 4 nitrogen and oxygen atoms in total. The number of rotatable bonds is 6. The van der Waals surface area contributed by atoms with Gasteiger partial charge in [-0.1, -0.05) is 29.8 Å². The summed E-state index contributed by atoms with van der Waals surface area (Å²) in [4.78, 5) is 11.4. The zero-order chi connectivity index (χ0) is 13.6. The van der Waals surface area contributed by atoms with E-state index in [0.717, 1.165) is 5.56 Å². The third kappa shape index (κ3) is 5.33. The lowest BCUT2D eigenvalue weighted by Crippen LogP contribution is -2.30. The summed E-state index contributed by atoms with van der Waals surface area (Å²) in [6.07, 6.45) is 1.27. The zero-order valence-electron chi connectivity index (χ0n) is 9.73. The highest BCUT2D eigenvalue weighted by molar-refractivity contribution is 7.92. The first kappa shape index (κ1) is 14.7. The van der Waals surface area contributed by atoms with E-state index in [1.807, 2.05) is 0 Å². The van der Waals surface area contributed by atoms with Crippen LogP contribution in [-0.2, 0) is 21.2 Å². The van der Waals surface area contributed by atoms with Crippen molar-refractivity contribution in [2.45, 2.75) is 6.54 Å². The van der Waals surface area contributed by atoms with Crippen LogP contribution < -0.4 is 5.32 Å². The average molecular weight is 288 g/mol. The molecule has 0 aliphatic carbocycles. The van der Waals surface area contributed by atoms with Crippen LogP contribution in [0.5, 0.6) is 0 Å². The Morgan fingerprint density at radius 2 is 1.94 bits per heavy atom. The minimum Gasteiger partial charge on any atom is -0.351 e. The normalized spacial score (nSPS) is 10.9. The van der Waals surface area contributed by atoms with Crippen LogP contribution in [0.15, 0.2) is 36.9 Å². The van der Waals surface area contributed by atoms with Gasteiger partial charge in [0.05, 0.1) is 5.75 Å². The second kappa shape index (κ2) is 6.56. The maximum atomic E-state index is 11.4. The number of benzene rings is 1. The van der Waals surface area contributed by atoms with Crippen molar-refractivity contribution in [1.82, 2.24) is 5.32 Å². The molecule has 0 spiro atoms. The fourth-order valence-corrected chi connectivity index (χ4v) is 2.40. The molecule has 0 unspecified atom stereocenters. The Bertz CT molecular complexity index is 523. The van der Waals surface area contributed by atoms with E-state index in [2.05, 4.69) is 11.9 Å². The third-order valence-electron chi connectivity index (χ3n) is 2.13. The van der Waals surface area contributed by atoms with Crippen molar-refractivity contribution in [2.24, 2.45) is 0 Å². The van der Waals surface area contributed by atoms with Gasteiger partial charge in [0.15, 0.2) is 9.84 Å². The Kier molecular flexibility index (Phi) is 5.37. The lowest BCUT2D eigenvalue weighted by atomic mass is 10.2. The van der Waals surface area contributed by atoms with Gasteiger partial charge in [-0.15, -0.1) is 6.58 Å². The molecule has 1 amide bonds. The van der Waals surface area contributed by atoms with E-state index in [0.29, 0.717) is 5.02 Å². The molecule has 0 aliphatic heterocycles. The van der Waals surface area contributed by atoms with Crippen LogP contribution in [0.3, 0.4) is 0 Å². The minimum atomic E-state index is -3.39. The number of carbonyl (C=O) groups is 1. The summed E-state index contributed by atoms with van der Waals surface area (Å²) >= 11 is 5.72. The molecule has 0 aliphatic rings. The Balaban J connectivity index is 2.47. The molecule has 0 saturated carbocycles. The Labute approximate surface area is 112 Å². The van der Waals surface area contributed by atoms with Gasteiger partial charge in [0.2, 0.25) is 5.91 Å². The van der Waals surface area contributed by atoms with Crippen molar-refractivity contribution in [1.29, 1.82) is 0 Å². The van der Waals surface area contributed by atoms with E-state index in [-0.39, 0.29) is 12.3 Å². The monoisotopic (exact) mass is 287 g/mol. The molecule has 0 radical (unpaired) electrons. The Hall–Kier alpha value is -1.33. The standard InChI is InChI=1S/C12H14ClNO3S/c1-2-7-18(16,17)9-12(15)14-8-10-3-5-11(13)6-4-10/h2-6H,1,7-9H2,(H,14,15). The first-order chi connectivity index (χ1) is 8.43. The maximum Gasteiger partial charge on any atom is 0.235 e. The molecule has 1 aromatic rings. The van der Waals surface area contributed by atoms with Gasteiger partial charge < -0.3 is 5.32 Å². The molecule has 0 aromatic heterocycles.